The number of hydrogen-bond acceptors (Lipinski definition) is 0. The van der Waals surface area contributed by atoms with Crippen molar-refractivity contribution in [1.82, 2.24) is 0 Å². The van der Waals surface area contributed by atoms with Crippen LogP contribution >= 0.6 is 23.2 Å². The summed E-state index contributed by atoms with van der Waals surface area (Å²) < 4.78 is 0. The Morgan fingerprint density at radius 3 is 1.54 bits per heavy atom. The van der Waals surface area contributed by atoms with Gasteiger partial charge in [0.05, 0.1) is 10.8 Å². The van der Waals surface area contributed by atoms with Crippen molar-refractivity contribution in [3.63, 3.8) is 0 Å². The van der Waals surface area contributed by atoms with Crippen LogP contribution in [0.3, 0.4) is 0 Å². The molecule has 0 heterocycles. The van der Waals surface area contributed by atoms with E-state index in [4.69, 9.17) is 23.2 Å². The maximum atomic E-state index is 6.38. The van der Waals surface area contributed by atoms with Gasteiger partial charge >= 0.3 is 0 Å². The summed E-state index contributed by atoms with van der Waals surface area (Å²) in [6.07, 6.45) is 1.12. The molecule has 4 atom stereocenters. The van der Waals surface area contributed by atoms with Gasteiger partial charge in [-0.05, 0) is 20.3 Å². The van der Waals surface area contributed by atoms with E-state index in [9.17, 15) is 0 Å². The minimum atomic E-state index is 0.0999. The summed E-state index contributed by atoms with van der Waals surface area (Å²) in [6.45, 7) is 8.91. The Labute approximate surface area is 90.3 Å². The molecule has 2 aliphatic rings. The predicted octanol–water partition coefficient (Wildman–Crippen LogP) is 3.97. The van der Waals surface area contributed by atoms with Crippen LogP contribution in [-0.2, 0) is 0 Å². The lowest BCUT2D eigenvalue weighted by Crippen LogP contribution is -2.35. The lowest BCUT2D eigenvalue weighted by molar-refractivity contribution is 0.396. The zero-order chi connectivity index (χ0) is 10.0. The van der Waals surface area contributed by atoms with E-state index >= 15 is 0 Å². The molecule has 1 fully saturated rings. The van der Waals surface area contributed by atoms with Gasteiger partial charge in [-0.3, -0.25) is 0 Å². The maximum Gasteiger partial charge on any atom is 0.0599 e. The van der Waals surface area contributed by atoms with Crippen LogP contribution in [0.2, 0.25) is 0 Å². The van der Waals surface area contributed by atoms with Gasteiger partial charge in [-0.25, -0.2) is 0 Å². The van der Waals surface area contributed by atoms with Gasteiger partial charge in [0.15, 0.2) is 0 Å². The van der Waals surface area contributed by atoms with Gasteiger partial charge in [0.2, 0.25) is 0 Å². The second-order valence-electron chi connectivity index (χ2n) is 5.07. The van der Waals surface area contributed by atoms with E-state index in [1.807, 2.05) is 0 Å². The average molecular weight is 219 g/mol. The van der Waals surface area contributed by atoms with Crippen LogP contribution in [0.25, 0.3) is 0 Å². The predicted molar refractivity (Wildman–Crippen MR) is 58.5 cm³/mol. The zero-order valence-electron chi connectivity index (χ0n) is 8.62. The molecular weight excluding hydrogens is 203 g/mol. The molecule has 2 aliphatic carbocycles. The minimum absolute atomic E-state index is 0.0999. The molecule has 0 N–H and O–H groups in total. The Morgan fingerprint density at radius 2 is 1.31 bits per heavy atom. The lowest BCUT2D eigenvalue weighted by Gasteiger charge is -2.35. The molecule has 4 unspecified atom stereocenters. The number of fused-ring (bicyclic) bond motifs is 2. The molecule has 13 heavy (non-hydrogen) atoms. The van der Waals surface area contributed by atoms with Crippen LogP contribution in [0.5, 0.6) is 0 Å². The molecule has 74 valence electrons. The second-order valence-corrected chi connectivity index (χ2v) is 6.01. The van der Waals surface area contributed by atoms with Crippen molar-refractivity contribution >= 4 is 23.2 Å². The first-order chi connectivity index (χ1) is 5.84. The van der Waals surface area contributed by atoms with Gasteiger partial charge in [0, 0.05) is 10.8 Å². The Hall–Kier alpha value is 0.320. The number of hydrogen-bond donors (Lipinski definition) is 0. The van der Waals surface area contributed by atoms with Crippen molar-refractivity contribution in [1.29, 1.82) is 0 Å². The molecule has 0 radical (unpaired) electrons. The minimum Gasteiger partial charge on any atom is -0.120 e. The fourth-order valence-corrected chi connectivity index (χ4v) is 4.18. The van der Waals surface area contributed by atoms with E-state index in [1.54, 1.807) is 0 Å². The van der Waals surface area contributed by atoms with E-state index in [0.717, 1.165) is 6.42 Å². The molecule has 0 nitrogen and oxygen atoms in total. The average Bonchev–Trinajstić information content (AvgIpc) is 2.36. The third-order valence-corrected chi connectivity index (χ3v) is 6.08. The van der Waals surface area contributed by atoms with Crippen molar-refractivity contribution in [2.75, 3.05) is 0 Å². The van der Waals surface area contributed by atoms with Crippen molar-refractivity contribution < 1.29 is 0 Å². The van der Waals surface area contributed by atoms with Gasteiger partial charge in [-0.2, -0.15) is 0 Å². The third kappa shape index (κ3) is 0.894. The SMILES string of the molecule is CC1=C(C)C2(C)CC1(C)C(Cl)C2Cl. The molecule has 0 aromatic carbocycles. The molecule has 0 amide bonds. The first-order valence-corrected chi connectivity index (χ1v) is 5.68. The fraction of sp³-hybridized carbons (Fsp3) is 0.818. The molecular formula is C11H16Cl2. The Morgan fingerprint density at radius 1 is 1.00 bits per heavy atom. The monoisotopic (exact) mass is 218 g/mol. The van der Waals surface area contributed by atoms with Crippen LogP contribution in [0.1, 0.15) is 34.1 Å². The number of alkyl halides is 2. The van der Waals surface area contributed by atoms with Crippen molar-refractivity contribution in [2.45, 2.75) is 44.9 Å². The second kappa shape index (κ2) is 2.46. The highest BCUT2D eigenvalue weighted by atomic mass is 35.5. The van der Waals surface area contributed by atoms with E-state index in [-0.39, 0.29) is 21.6 Å². The molecule has 0 saturated heterocycles. The van der Waals surface area contributed by atoms with Gasteiger partial charge in [0.25, 0.3) is 0 Å². The normalized spacial score (nSPS) is 54.9. The third-order valence-electron chi connectivity index (χ3n) is 4.48. The molecule has 0 aliphatic heterocycles. The number of allylic oxidation sites excluding steroid dienone is 2. The largest absolute Gasteiger partial charge is 0.120 e. The Balaban J connectivity index is 2.58. The standard InChI is InChI=1S/C11H16Cl2/c1-6-7(2)11(4)5-10(6,3)8(12)9(11)13/h8-9H,5H2,1-4H3. The number of rotatable bonds is 0. The molecule has 2 bridgehead atoms. The number of halogens is 2. The fourth-order valence-electron chi connectivity index (χ4n) is 3.14. The van der Waals surface area contributed by atoms with Crippen LogP contribution in [0.15, 0.2) is 11.1 Å². The first-order valence-electron chi connectivity index (χ1n) is 4.80. The van der Waals surface area contributed by atoms with Crippen molar-refractivity contribution in [3.05, 3.63) is 11.1 Å². The summed E-state index contributed by atoms with van der Waals surface area (Å²) in [5.74, 6) is 0. The maximum absolute atomic E-state index is 6.38. The summed E-state index contributed by atoms with van der Waals surface area (Å²) in [6, 6.07) is 0. The molecule has 2 rings (SSSR count). The highest BCUT2D eigenvalue weighted by molar-refractivity contribution is 6.31. The van der Waals surface area contributed by atoms with Gasteiger partial charge in [-0.15, -0.1) is 23.2 Å². The van der Waals surface area contributed by atoms with Crippen LogP contribution in [-0.4, -0.2) is 10.8 Å². The summed E-state index contributed by atoms with van der Waals surface area (Å²) in [4.78, 5) is 0. The highest BCUT2D eigenvalue weighted by Gasteiger charge is 2.62. The Bertz CT molecular complexity index is 266. The van der Waals surface area contributed by atoms with Gasteiger partial charge < -0.3 is 0 Å². The summed E-state index contributed by atoms with van der Waals surface area (Å²) in [7, 11) is 0. The summed E-state index contributed by atoms with van der Waals surface area (Å²) >= 11 is 12.8. The van der Waals surface area contributed by atoms with Crippen molar-refractivity contribution in [3.8, 4) is 0 Å². The van der Waals surface area contributed by atoms with Gasteiger partial charge in [0.1, 0.15) is 0 Å². The quantitative estimate of drug-likeness (QED) is 0.427. The van der Waals surface area contributed by atoms with E-state index in [2.05, 4.69) is 27.7 Å². The Kier molecular flexibility index (Phi) is 1.87. The van der Waals surface area contributed by atoms with Crippen LogP contribution < -0.4 is 0 Å². The molecule has 0 aromatic heterocycles. The lowest BCUT2D eigenvalue weighted by atomic mass is 9.79. The van der Waals surface area contributed by atoms with Crippen LogP contribution in [0, 0.1) is 10.8 Å². The summed E-state index contributed by atoms with van der Waals surface area (Å²) in [5.41, 5.74) is 3.22. The molecule has 0 aromatic rings. The highest BCUT2D eigenvalue weighted by Crippen LogP contribution is 2.66. The summed E-state index contributed by atoms with van der Waals surface area (Å²) in [5, 5.41) is 0.200. The van der Waals surface area contributed by atoms with Gasteiger partial charge in [-0.1, -0.05) is 25.0 Å². The van der Waals surface area contributed by atoms with Crippen molar-refractivity contribution in [2.24, 2.45) is 10.8 Å². The molecule has 2 heteroatoms. The van der Waals surface area contributed by atoms with E-state index < -0.39 is 0 Å². The van der Waals surface area contributed by atoms with E-state index in [1.165, 1.54) is 11.1 Å². The van der Waals surface area contributed by atoms with Crippen LogP contribution in [0.4, 0.5) is 0 Å². The molecule has 1 saturated carbocycles. The topological polar surface area (TPSA) is 0 Å². The first kappa shape index (κ1) is 9.86. The molecule has 0 spiro atoms. The zero-order valence-corrected chi connectivity index (χ0v) is 10.1. The smallest absolute Gasteiger partial charge is 0.0599 e. The van der Waals surface area contributed by atoms with E-state index in [0.29, 0.717) is 0 Å².